The summed E-state index contributed by atoms with van der Waals surface area (Å²) in [4.78, 5) is 27.6. The van der Waals surface area contributed by atoms with Gasteiger partial charge in [-0.2, -0.15) is 0 Å². The van der Waals surface area contributed by atoms with E-state index in [9.17, 15) is 19.8 Å². The summed E-state index contributed by atoms with van der Waals surface area (Å²) in [5.41, 5.74) is 3.03. The number of carboxylic acid groups (broad SMARTS) is 1. The number of carboxylic acids is 1. The number of carbonyl (C=O) groups excluding carboxylic acids is 1. The Morgan fingerprint density at radius 1 is 1.21 bits per heavy atom. The third kappa shape index (κ3) is 3.56. The van der Waals surface area contributed by atoms with Crippen LogP contribution in [-0.4, -0.2) is 52.7 Å². The molecule has 1 amide bonds. The molecule has 2 aliphatic rings. The molecule has 7 heteroatoms. The summed E-state index contributed by atoms with van der Waals surface area (Å²) in [7, 11) is 0. The molecule has 0 radical (unpaired) electrons. The fraction of sp³-hybridized carbons (Fsp3) is 0.364. The zero-order valence-corrected chi connectivity index (χ0v) is 17.0. The average Bonchev–Trinajstić information content (AvgIpc) is 3.43. The molecule has 0 bridgehead atoms. The molecule has 0 saturated heterocycles. The van der Waals surface area contributed by atoms with E-state index in [-0.39, 0.29) is 24.5 Å². The summed E-state index contributed by atoms with van der Waals surface area (Å²) in [6.45, 7) is 2.89. The zero-order chi connectivity index (χ0) is 20.5. The number of nitrogens with zero attached hydrogens (tertiary/aromatic N) is 1. The Kier molecular flexibility index (Phi) is 5.43. The monoisotopic (exact) mass is 412 g/mol. The van der Waals surface area contributed by atoms with Crippen molar-refractivity contribution in [1.82, 2.24) is 10.2 Å². The van der Waals surface area contributed by atoms with Crippen LogP contribution in [0.3, 0.4) is 0 Å². The smallest absolute Gasteiger partial charge is 0.345 e. The standard InChI is InChI=1S/C22H24N2O4S/c1-2-16-20(18-8-9-19(29-18)22(27)28)14-10-24(11-17(14)23-16)21(26)15(12-25)13-6-4-3-5-7-13/h3-9,15-16,20,23,25H,2,10-12H2,1H3,(H,27,28). The highest BCUT2D eigenvalue weighted by Gasteiger charge is 2.42. The van der Waals surface area contributed by atoms with Gasteiger partial charge in [-0.25, -0.2) is 4.79 Å². The van der Waals surface area contributed by atoms with E-state index >= 15 is 0 Å². The minimum absolute atomic E-state index is 0.0789. The molecule has 0 fully saturated rings. The molecule has 3 unspecified atom stereocenters. The number of aliphatic hydroxyl groups is 1. The summed E-state index contributed by atoms with van der Waals surface area (Å²) in [5, 5.41) is 22.7. The number of rotatable bonds is 6. The highest BCUT2D eigenvalue weighted by atomic mass is 32.1. The molecule has 0 spiro atoms. The third-order valence-electron chi connectivity index (χ3n) is 5.81. The number of amides is 1. The Balaban J connectivity index is 1.55. The van der Waals surface area contributed by atoms with E-state index in [0.717, 1.165) is 28.1 Å². The lowest BCUT2D eigenvalue weighted by Crippen LogP contribution is -2.39. The topological polar surface area (TPSA) is 89.9 Å². The minimum atomic E-state index is -0.911. The molecular weight excluding hydrogens is 388 g/mol. The summed E-state index contributed by atoms with van der Waals surface area (Å²) in [6.07, 6.45) is 0.912. The van der Waals surface area contributed by atoms with E-state index in [1.54, 1.807) is 11.0 Å². The molecule has 2 aliphatic heterocycles. The second kappa shape index (κ2) is 8.00. The van der Waals surface area contributed by atoms with Gasteiger partial charge in [0, 0.05) is 29.1 Å². The second-order valence-electron chi connectivity index (χ2n) is 7.49. The number of benzene rings is 1. The molecule has 6 nitrogen and oxygen atoms in total. The van der Waals surface area contributed by atoms with Crippen LogP contribution in [0.2, 0.25) is 0 Å². The Morgan fingerprint density at radius 3 is 2.59 bits per heavy atom. The highest BCUT2D eigenvalue weighted by Crippen LogP contribution is 2.43. The number of hydrogen-bond acceptors (Lipinski definition) is 5. The van der Waals surface area contributed by atoms with Crippen molar-refractivity contribution in [3.8, 4) is 0 Å². The van der Waals surface area contributed by atoms with Crippen LogP contribution in [0.15, 0.2) is 53.7 Å². The third-order valence-corrected chi connectivity index (χ3v) is 6.97. The molecule has 0 aliphatic carbocycles. The maximum absolute atomic E-state index is 13.1. The molecule has 4 rings (SSSR count). The van der Waals surface area contributed by atoms with Crippen LogP contribution in [0, 0.1) is 0 Å². The van der Waals surface area contributed by atoms with Crippen LogP contribution in [0.4, 0.5) is 0 Å². The van der Waals surface area contributed by atoms with Gasteiger partial charge in [0.15, 0.2) is 0 Å². The van der Waals surface area contributed by atoms with Crippen molar-refractivity contribution < 1.29 is 19.8 Å². The van der Waals surface area contributed by atoms with E-state index in [0.29, 0.717) is 18.0 Å². The lowest BCUT2D eigenvalue weighted by atomic mass is 9.91. The minimum Gasteiger partial charge on any atom is -0.477 e. The van der Waals surface area contributed by atoms with Gasteiger partial charge in [-0.3, -0.25) is 4.79 Å². The summed E-state index contributed by atoms with van der Waals surface area (Å²) in [6, 6.07) is 13.1. The first-order valence-electron chi connectivity index (χ1n) is 9.79. The summed E-state index contributed by atoms with van der Waals surface area (Å²) >= 11 is 1.31. The second-order valence-corrected chi connectivity index (χ2v) is 8.60. The van der Waals surface area contributed by atoms with Crippen molar-refractivity contribution in [2.45, 2.75) is 31.2 Å². The quantitative estimate of drug-likeness (QED) is 0.679. The van der Waals surface area contributed by atoms with Crippen LogP contribution in [0.25, 0.3) is 0 Å². The van der Waals surface area contributed by atoms with Crippen molar-refractivity contribution in [1.29, 1.82) is 0 Å². The van der Waals surface area contributed by atoms with Crippen LogP contribution in [-0.2, 0) is 4.79 Å². The van der Waals surface area contributed by atoms with Crippen molar-refractivity contribution in [3.05, 3.63) is 69.1 Å². The fourth-order valence-corrected chi connectivity index (χ4v) is 5.40. The lowest BCUT2D eigenvalue weighted by molar-refractivity contribution is -0.132. The van der Waals surface area contributed by atoms with Crippen LogP contribution in [0.5, 0.6) is 0 Å². The van der Waals surface area contributed by atoms with Gasteiger partial charge < -0.3 is 20.4 Å². The zero-order valence-electron chi connectivity index (χ0n) is 16.2. The van der Waals surface area contributed by atoms with Gasteiger partial charge in [0.2, 0.25) is 5.91 Å². The molecule has 29 heavy (non-hydrogen) atoms. The molecule has 152 valence electrons. The lowest BCUT2D eigenvalue weighted by Gasteiger charge is -2.28. The predicted molar refractivity (Wildman–Crippen MR) is 111 cm³/mol. The molecule has 3 heterocycles. The number of carbonyl (C=O) groups is 2. The molecule has 1 aromatic carbocycles. The number of aromatic carboxylic acids is 1. The fourth-order valence-electron chi connectivity index (χ4n) is 4.35. The van der Waals surface area contributed by atoms with Gasteiger partial charge in [0.05, 0.1) is 19.1 Å². The molecule has 0 saturated carbocycles. The molecule has 3 N–H and O–H groups in total. The van der Waals surface area contributed by atoms with Crippen LogP contribution >= 0.6 is 11.3 Å². The Morgan fingerprint density at radius 2 is 1.97 bits per heavy atom. The van der Waals surface area contributed by atoms with Gasteiger partial charge in [-0.1, -0.05) is 37.3 Å². The van der Waals surface area contributed by atoms with Gasteiger partial charge >= 0.3 is 5.97 Å². The van der Waals surface area contributed by atoms with Gasteiger partial charge in [0.25, 0.3) is 0 Å². The predicted octanol–water partition coefficient (Wildman–Crippen LogP) is 2.78. The molecule has 2 aromatic rings. The van der Waals surface area contributed by atoms with Crippen LogP contribution < -0.4 is 5.32 Å². The average molecular weight is 413 g/mol. The number of nitrogens with one attached hydrogen (secondary N) is 1. The van der Waals surface area contributed by atoms with E-state index < -0.39 is 11.9 Å². The van der Waals surface area contributed by atoms with E-state index in [4.69, 9.17) is 0 Å². The van der Waals surface area contributed by atoms with Gasteiger partial charge in [-0.15, -0.1) is 11.3 Å². The van der Waals surface area contributed by atoms with Crippen molar-refractivity contribution in [2.75, 3.05) is 19.7 Å². The first-order chi connectivity index (χ1) is 14.0. The largest absolute Gasteiger partial charge is 0.477 e. The summed E-state index contributed by atoms with van der Waals surface area (Å²) in [5.74, 6) is -1.49. The number of aliphatic hydroxyl groups excluding tert-OH is 1. The van der Waals surface area contributed by atoms with Crippen molar-refractivity contribution >= 4 is 23.2 Å². The molecule has 3 atom stereocenters. The van der Waals surface area contributed by atoms with E-state index in [1.165, 1.54) is 11.3 Å². The van der Waals surface area contributed by atoms with Crippen molar-refractivity contribution in [3.63, 3.8) is 0 Å². The number of hydrogen-bond donors (Lipinski definition) is 3. The van der Waals surface area contributed by atoms with Crippen LogP contribution in [0.1, 0.15) is 45.3 Å². The Hall–Kier alpha value is -2.64. The van der Waals surface area contributed by atoms with Crippen molar-refractivity contribution in [2.24, 2.45) is 0 Å². The van der Waals surface area contributed by atoms with E-state index in [2.05, 4.69) is 12.2 Å². The first kappa shape index (κ1) is 19.7. The Labute approximate surface area is 173 Å². The number of thiophene rings is 1. The van der Waals surface area contributed by atoms with E-state index in [1.807, 2.05) is 36.4 Å². The molecule has 1 aromatic heterocycles. The normalized spacial score (nSPS) is 21.8. The maximum atomic E-state index is 13.1. The first-order valence-corrected chi connectivity index (χ1v) is 10.6. The van der Waals surface area contributed by atoms with Gasteiger partial charge in [0.1, 0.15) is 4.88 Å². The van der Waals surface area contributed by atoms with Gasteiger partial charge in [-0.05, 0) is 29.7 Å². The molecular formula is C22H24N2O4S. The maximum Gasteiger partial charge on any atom is 0.345 e. The SMILES string of the molecule is CCC1NC2=C(CN(C(=O)C(CO)c3ccccc3)C2)C1c1ccc(C(=O)O)s1. The Bertz CT molecular complexity index is 953. The highest BCUT2D eigenvalue weighted by molar-refractivity contribution is 7.14. The summed E-state index contributed by atoms with van der Waals surface area (Å²) < 4.78 is 0.